The van der Waals surface area contributed by atoms with Crippen molar-refractivity contribution in [3.8, 4) is 5.75 Å². The van der Waals surface area contributed by atoms with Crippen LogP contribution in [-0.2, 0) is 9.59 Å². The average Bonchev–Trinajstić information content (AvgIpc) is 2.43. The Kier molecular flexibility index (Phi) is 5.41. The first-order valence-electron chi connectivity index (χ1n) is 7.82. The molecule has 1 fully saturated rings. The first-order valence-corrected chi connectivity index (χ1v) is 7.82. The maximum atomic E-state index is 12.1. The third-order valence-corrected chi connectivity index (χ3v) is 4.15. The molecule has 0 radical (unpaired) electrons. The molecular weight excluding hydrogens is 282 g/mol. The molecule has 0 atom stereocenters. The predicted molar refractivity (Wildman–Crippen MR) is 84.0 cm³/mol. The van der Waals surface area contributed by atoms with Crippen LogP contribution in [0.1, 0.15) is 45.4 Å². The summed E-state index contributed by atoms with van der Waals surface area (Å²) in [4.78, 5) is 23.4. The van der Waals surface area contributed by atoms with Crippen molar-refractivity contribution in [2.75, 3.05) is 11.9 Å². The normalized spacial score (nSPS) is 15.7. The Bertz CT molecular complexity index is 537. The second-order valence-corrected chi connectivity index (χ2v) is 5.89. The van der Waals surface area contributed by atoms with E-state index in [0.717, 1.165) is 19.3 Å². The number of unbranched alkanes of at least 4 members (excludes halogenated alkanes) is 1. The molecule has 1 aliphatic carbocycles. The lowest BCUT2D eigenvalue weighted by Crippen LogP contribution is -2.41. The molecule has 22 heavy (non-hydrogen) atoms. The van der Waals surface area contributed by atoms with Crippen molar-refractivity contribution in [3.63, 3.8) is 0 Å². The average molecular weight is 305 g/mol. The molecule has 0 spiro atoms. The fraction of sp³-hybridized carbons (Fsp3) is 0.529. The lowest BCUT2D eigenvalue weighted by molar-refractivity contribution is -0.157. The molecule has 120 valence electrons. The van der Waals surface area contributed by atoms with Crippen LogP contribution in [-0.4, -0.2) is 23.6 Å². The highest BCUT2D eigenvalue weighted by Gasteiger charge is 2.45. The van der Waals surface area contributed by atoms with Gasteiger partial charge >= 0.3 is 5.97 Å². The minimum atomic E-state index is -0.870. The van der Waals surface area contributed by atoms with Crippen molar-refractivity contribution in [1.29, 1.82) is 0 Å². The van der Waals surface area contributed by atoms with Gasteiger partial charge in [0.25, 0.3) is 0 Å². The zero-order valence-electron chi connectivity index (χ0n) is 12.9. The molecule has 0 bridgehead atoms. The van der Waals surface area contributed by atoms with Crippen molar-refractivity contribution in [2.24, 2.45) is 5.41 Å². The Morgan fingerprint density at radius 2 is 2.14 bits per heavy atom. The second kappa shape index (κ2) is 7.29. The van der Waals surface area contributed by atoms with E-state index in [2.05, 4.69) is 12.2 Å². The fourth-order valence-corrected chi connectivity index (χ4v) is 2.58. The number of benzene rings is 1. The van der Waals surface area contributed by atoms with Gasteiger partial charge in [0.05, 0.1) is 12.0 Å². The van der Waals surface area contributed by atoms with Gasteiger partial charge < -0.3 is 15.2 Å². The lowest BCUT2D eigenvalue weighted by atomic mass is 9.66. The highest BCUT2D eigenvalue weighted by atomic mass is 16.5. The quantitative estimate of drug-likeness (QED) is 0.721. The van der Waals surface area contributed by atoms with Crippen LogP contribution in [0.4, 0.5) is 5.69 Å². The molecular formula is C17H23NO4. The number of hydrogen-bond acceptors (Lipinski definition) is 3. The Hall–Kier alpha value is -2.04. The van der Waals surface area contributed by atoms with Crippen LogP contribution < -0.4 is 10.1 Å². The summed E-state index contributed by atoms with van der Waals surface area (Å²) < 4.78 is 5.59. The second-order valence-electron chi connectivity index (χ2n) is 5.89. The number of anilines is 1. The van der Waals surface area contributed by atoms with E-state index in [-0.39, 0.29) is 12.3 Å². The van der Waals surface area contributed by atoms with Crippen LogP contribution in [0.2, 0.25) is 0 Å². The van der Waals surface area contributed by atoms with Gasteiger partial charge in [-0.25, -0.2) is 0 Å². The molecule has 2 rings (SSSR count). The molecule has 0 saturated heterocycles. The summed E-state index contributed by atoms with van der Waals surface area (Å²) in [5.41, 5.74) is -0.224. The van der Waals surface area contributed by atoms with Crippen molar-refractivity contribution < 1.29 is 19.4 Å². The Labute approximate surface area is 130 Å². The minimum Gasteiger partial charge on any atom is -0.494 e. The highest BCUT2D eigenvalue weighted by Crippen LogP contribution is 2.44. The number of rotatable bonds is 8. The standard InChI is InChI=1S/C17H23NO4/c1-2-3-10-22-14-7-4-6-13(11-14)18-15(19)12-17(16(20)21)8-5-9-17/h4,6-7,11H,2-3,5,8-10,12H2,1H3,(H,18,19)(H,20,21). The number of nitrogens with one attached hydrogen (secondary N) is 1. The summed E-state index contributed by atoms with van der Waals surface area (Å²) in [6, 6.07) is 7.20. The molecule has 5 nitrogen and oxygen atoms in total. The van der Waals surface area contributed by atoms with Crippen molar-refractivity contribution in [2.45, 2.75) is 45.4 Å². The molecule has 1 saturated carbocycles. The van der Waals surface area contributed by atoms with E-state index in [0.29, 0.717) is 30.9 Å². The Balaban J connectivity index is 1.91. The fourth-order valence-electron chi connectivity index (χ4n) is 2.58. The first-order chi connectivity index (χ1) is 10.6. The monoisotopic (exact) mass is 305 g/mol. The topological polar surface area (TPSA) is 75.6 Å². The molecule has 0 unspecified atom stereocenters. The smallest absolute Gasteiger partial charge is 0.310 e. The van der Waals surface area contributed by atoms with E-state index in [1.807, 2.05) is 12.1 Å². The van der Waals surface area contributed by atoms with E-state index >= 15 is 0 Å². The van der Waals surface area contributed by atoms with E-state index in [4.69, 9.17) is 4.74 Å². The number of hydrogen-bond donors (Lipinski definition) is 2. The van der Waals surface area contributed by atoms with Gasteiger partial charge in [0.15, 0.2) is 0 Å². The van der Waals surface area contributed by atoms with Crippen molar-refractivity contribution in [1.82, 2.24) is 0 Å². The molecule has 0 heterocycles. The third kappa shape index (κ3) is 4.00. The number of aliphatic carboxylic acids is 1. The number of carboxylic acids is 1. The SMILES string of the molecule is CCCCOc1cccc(NC(=O)CC2(C(=O)O)CCC2)c1. The number of carboxylic acid groups (broad SMARTS) is 1. The van der Waals surface area contributed by atoms with E-state index in [9.17, 15) is 14.7 Å². The maximum absolute atomic E-state index is 12.1. The lowest BCUT2D eigenvalue weighted by Gasteiger charge is -2.36. The molecule has 2 N–H and O–H groups in total. The van der Waals surface area contributed by atoms with Crippen LogP contribution in [0.3, 0.4) is 0 Å². The van der Waals surface area contributed by atoms with Gasteiger partial charge in [-0.15, -0.1) is 0 Å². The summed E-state index contributed by atoms with van der Waals surface area (Å²) in [5.74, 6) is -0.416. The summed E-state index contributed by atoms with van der Waals surface area (Å²) in [6.07, 6.45) is 4.11. The number of carbonyl (C=O) groups is 2. The van der Waals surface area contributed by atoms with Crippen LogP contribution in [0, 0.1) is 5.41 Å². The zero-order chi connectivity index (χ0) is 16.0. The molecule has 1 aromatic carbocycles. The Morgan fingerprint density at radius 1 is 1.36 bits per heavy atom. The largest absolute Gasteiger partial charge is 0.494 e. The van der Waals surface area contributed by atoms with Crippen LogP contribution in [0.15, 0.2) is 24.3 Å². The molecule has 1 aromatic rings. The molecule has 1 amide bonds. The van der Waals surface area contributed by atoms with Gasteiger partial charge in [0.1, 0.15) is 5.75 Å². The van der Waals surface area contributed by atoms with Crippen molar-refractivity contribution >= 4 is 17.6 Å². The molecule has 1 aliphatic rings. The van der Waals surface area contributed by atoms with Crippen molar-refractivity contribution in [3.05, 3.63) is 24.3 Å². The van der Waals surface area contributed by atoms with Gasteiger partial charge in [-0.1, -0.05) is 25.8 Å². The van der Waals surface area contributed by atoms with Gasteiger partial charge in [0, 0.05) is 18.2 Å². The van der Waals surface area contributed by atoms with Crippen LogP contribution in [0.25, 0.3) is 0 Å². The summed E-state index contributed by atoms with van der Waals surface area (Å²) in [7, 11) is 0. The highest BCUT2D eigenvalue weighted by molar-refractivity contribution is 5.94. The molecule has 0 aromatic heterocycles. The van der Waals surface area contributed by atoms with Crippen LogP contribution in [0.5, 0.6) is 5.75 Å². The van der Waals surface area contributed by atoms with Gasteiger partial charge in [0.2, 0.25) is 5.91 Å². The third-order valence-electron chi connectivity index (χ3n) is 4.15. The first kappa shape index (κ1) is 16.3. The molecule has 0 aliphatic heterocycles. The van der Waals surface area contributed by atoms with Crippen LogP contribution >= 0.6 is 0 Å². The summed E-state index contributed by atoms with van der Waals surface area (Å²) >= 11 is 0. The molecule has 5 heteroatoms. The number of amides is 1. The van der Waals surface area contributed by atoms with Gasteiger partial charge in [-0.05, 0) is 31.4 Å². The number of ether oxygens (including phenoxy) is 1. The van der Waals surface area contributed by atoms with E-state index < -0.39 is 11.4 Å². The zero-order valence-corrected chi connectivity index (χ0v) is 12.9. The number of carbonyl (C=O) groups excluding carboxylic acids is 1. The van der Waals surface area contributed by atoms with Gasteiger partial charge in [-0.3, -0.25) is 9.59 Å². The predicted octanol–water partition coefficient (Wildman–Crippen LogP) is 3.45. The Morgan fingerprint density at radius 3 is 2.73 bits per heavy atom. The van der Waals surface area contributed by atoms with E-state index in [1.165, 1.54) is 0 Å². The summed E-state index contributed by atoms with van der Waals surface area (Å²) in [6.45, 7) is 2.74. The van der Waals surface area contributed by atoms with E-state index in [1.54, 1.807) is 12.1 Å². The maximum Gasteiger partial charge on any atom is 0.310 e. The summed E-state index contributed by atoms with van der Waals surface area (Å²) in [5, 5.41) is 12.0. The minimum absolute atomic E-state index is 0.0310. The van der Waals surface area contributed by atoms with Gasteiger partial charge in [-0.2, -0.15) is 0 Å².